The zero-order chi connectivity index (χ0) is 18.6. The number of hydrogen-bond donors (Lipinski definition) is 1. The fourth-order valence-electron chi connectivity index (χ4n) is 2.92. The molecule has 5 nitrogen and oxygen atoms in total. The molecule has 4 rings (SSSR count). The molecule has 27 heavy (non-hydrogen) atoms. The van der Waals surface area contributed by atoms with Gasteiger partial charge in [-0.05, 0) is 29.8 Å². The van der Waals surface area contributed by atoms with Crippen LogP contribution in [0.1, 0.15) is 5.56 Å². The molecule has 0 saturated carbocycles. The summed E-state index contributed by atoms with van der Waals surface area (Å²) in [6, 6.07) is 15.3. The summed E-state index contributed by atoms with van der Waals surface area (Å²) in [6.45, 7) is 0.978. The second kappa shape index (κ2) is 7.72. The standard InChI is InChI=1S/C21H19N3O2S/c1-26-16-9-6-15(7-10-16)8-11-20(25)22-18-5-3-2-4-17(18)19-14-24-12-13-27-21(24)23-19/h2-11,14H,12-13H2,1H3,(H,22,25)/b11-8+. The molecular weight excluding hydrogens is 358 g/mol. The van der Waals surface area contributed by atoms with Crippen LogP contribution in [0, 0.1) is 0 Å². The lowest BCUT2D eigenvalue weighted by molar-refractivity contribution is -0.111. The number of aryl methyl sites for hydroxylation is 1. The van der Waals surface area contributed by atoms with Crippen molar-refractivity contribution in [3.8, 4) is 17.0 Å². The van der Waals surface area contributed by atoms with Crippen molar-refractivity contribution >= 4 is 29.4 Å². The molecule has 0 radical (unpaired) electrons. The number of ether oxygens (including phenoxy) is 1. The van der Waals surface area contributed by atoms with E-state index in [2.05, 4.69) is 14.9 Å². The monoisotopic (exact) mass is 377 g/mol. The van der Waals surface area contributed by atoms with Crippen LogP contribution in [0.4, 0.5) is 5.69 Å². The average molecular weight is 377 g/mol. The SMILES string of the molecule is COc1ccc(/C=C/C(=O)Nc2ccccc2-c2cn3c(n2)SCC3)cc1. The zero-order valence-corrected chi connectivity index (χ0v) is 15.7. The lowest BCUT2D eigenvalue weighted by Gasteiger charge is -2.08. The van der Waals surface area contributed by atoms with Gasteiger partial charge in [-0.2, -0.15) is 0 Å². The summed E-state index contributed by atoms with van der Waals surface area (Å²) in [5, 5.41) is 3.99. The van der Waals surface area contributed by atoms with Gasteiger partial charge < -0.3 is 14.6 Å². The summed E-state index contributed by atoms with van der Waals surface area (Å²) in [7, 11) is 1.63. The van der Waals surface area contributed by atoms with Gasteiger partial charge in [-0.3, -0.25) is 4.79 Å². The number of carbonyl (C=O) groups excluding carboxylic acids is 1. The lowest BCUT2D eigenvalue weighted by Crippen LogP contribution is -2.08. The van der Waals surface area contributed by atoms with E-state index in [1.54, 1.807) is 24.9 Å². The van der Waals surface area contributed by atoms with Gasteiger partial charge in [-0.25, -0.2) is 4.98 Å². The van der Waals surface area contributed by atoms with E-state index in [1.165, 1.54) is 6.08 Å². The van der Waals surface area contributed by atoms with Crippen molar-refractivity contribution in [3.05, 3.63) is 66.4 Å². The van der Waals surface area contributed by atoms with Crippen molar-refractivity contribution < 1.29 is 9.53 Å². The van der Waals surface area contributed by atoms with E-state index in [1.807, 2.05) is 54.7 Å². The smallest absolute Gasteiger partial charge is 0.248 e. The molecule has 0 fully saturated rings. The summed E-state index contributed by atoms with van der Waals surface area (Å²) >= 11 is 1.76. The fraction of sp³-hybridized carbons (Fsp3) is 0.143. The van der Waals surface area contributed by atoms with Crippen LogP contribution in [-0.2, 0) is 11.3 Å². The van der Waals surface area contributed by atoms with Crippen LogP contribution in [0.25, 0.3) is 17.3 Å². The van der Waals surface area contributed by atoms with Crippen molar-refractivity contribution in [1.82, 2.24) is 9.55 Å². The molecule has 1 aliphatic rings. The first-order chi connectivity index (χ1) is 13.2. The summed E-state index contributed by atoms with van der Waals surface area (Å²) in [4.78, 5) is 17.1. The van der Waals surface area contributed by atoms with Crippen LogP contribution < -0.4 is 10.1 Å². The zero-order valence-electron chi connectivity index (χ0n) is 14.9. The number of nitrogens with one attached hydrogen (secondary N) is 1. The molecule has 2 aromatic carbocycles. The number of methoxy groups -OCH3 is 1. The molecule has 6 heteroatoms. The van der Waals surface area contributed by atoms with Gasteiger partial charge in [0.05, 0.1) is 18.5 Å². The van der Waals surface area contributed by atoms with E-state index in [4.69, 9.17) is 4.74 Å². The Kier molecular flexibility index (Phi) is 4.98. The molecule has 3 aromatic rings. The molecule has 1 N–H and O–H groups in total. The summed E-state index contributed by atoms with van der Waals surface area (Å²) in [5.41, 5.74) is 3.49. The minimum atomic E-state index is -0.181. The maximum Gasteiger partial charge on any atom is 0.248 e. The van der Waals surface area contributed by atoms with E-state index in [0.717, 1.165) is 45.7 Å². The predicted molar refractivity (Wildman–Crippen MR) is 109 cm³/mol. The Morgan fingerprint density at radius 3 is 2.81 bits per heavy atom. The summed E-state index contributed by atoms with van der Waals surface area (Å²) in [5.74, 6) is 1.67. The van der Waals surface area contributed by atoms with Crippen molar-refractivity contribution in [1.29, 1.82) is 0 Å². The Hall–Kier alpha value is -2.99. The Balaban J connectivity index is 1.50. The maximum absolute atomic E-state index is 12.4. The first-order valence-corrected chi connectivity index (χ1v) is 9.64. The highest BCUT2D eigenvalue weighted by atomic mass is 32.2. The number of carbonyl (C=O) groups is 1. The molecule has 0 unspecified atom stereocenters. The second-order valence-electron chi connectivity index (χ2n) is 6.09. The van der Waals surface area contributed by atoms with Crippen LogP contribution >= 0.6 is 11.8 Å². The molecule has 0 spiro atoms. The van der Waals surface area contributed by atoms with Gasteiger partial charge >= 0.3 is 0 Å². The number of fused-ring (bicyclic) bond motifs is 1. The van der Waals surface area contributed by atoms with Gasteiger partial charge in [-0.1, -0.05) is 42.1 Å². The second-order valence-corrected chi connectivity index (χ2v) is 7.15. The predicted octanol–water partition coefficient (Wildman–Crippen LogP) is 4.32. The molecule has 1 aromatic heterocycles. The highest BCUT2D eigenvalue weighted by Crippen LogP contribution is 2.32. The molecule has 1 aliphatic heterocycles. The fourth-order valence-corrected chi connectivity index (χ4v) is 3.86. The molecule has 136 valence electrons. The molecule has 2 heterocycles. The Labute approximate surface area is 162 Å². The third kappa shape index (κ3) is 3.90. The Bertz CT molecular complexity index is 971. The van der Waals surface area contributed by atoms with E-state index in [0.29, 0.717) is 0 Å². The number of aromatic nitrogens is 2. The Morgan fingerprint density at radius 2 is 2.04 bits per heavy atom. The van der Waals surface area contributed by atoms with Crippen LogP contribution in [0.15, 0.2) is 66.0 Å². The van der Waals surface area contributed by atoms with Gasteiger partial charge in [0.2, 0.25) is 5.91 Å². The number of nitrogens with zero attached hydrogens (tertiary/aromatic N) is 2. The van der Waals surface area contributed by atoms with Crippen molar-refractivity contribution in [2.24, 2.45) is 0 Å². The lowest BCUT2D eigenvalue weighted by atomic mass is 10.1. The van der Waals surface area contributed by atoms with Gasteiger partial charge in [0.1, 0.15) is 5.75 Å². The third-order valence-corrected chi connectivity index (χ3v) is 5.28. The van der Waals surface area contributed by atoms with E-state index in [-0.39, 0.29) is 5.91 Å². The van der Waals surface area contributed by atoms with Crippen LogP contribution in [0.3, 0.4) is 0 Å². The quantitative estimate of drug-likeness (QED) is 0.673. The number of anilines is 1. The van der Waals surface area contributed by atoms with Crippen molar-refractivity contribution in [3.63, 3.8) is 0 Å². The van der Waals surface area contributed by atoms with E-state index >= 15 is 0 Å². The molecule has 0 aliphatic carbocycles. The van der Waals surface area contributed by atoms with Crippen LogP contribution in [0.5, 0.6) is 5.75 Å². The molecular formula is C21H19N3O2S. The Morgan fingerprint density at radius 1 is 1.22 bits per heavy atom. The first-order valence-electron chi connectivity index (χ1n) is 8.65. The molecule has 1 amide bonds. The largest absolute Gasteiger partial charge is 0.497 e. The topological polar surface area (TPSA) is 56.1 Å². The van der Waals surface area contributed by atoms with Gasteiger partial charge in [0, 0.05) is 30.1 Å². The van der Waals surface area contributed by atoms with E-state index in [9.17, 15) is 4.79 Å². The number of imidazole rings is 1. The van der Waals surface area contributed by atoms with Crippen LogP contribution in [-0.4, -0.2) is 28.3 Å². The minimum absolute atomic E-state index is 0.181. The van der Waals surface area contributed by atoms with Gasteiger partial charge in [0.15, 0.2) is 5.16 Å². The van der Waals surface area contributed by atoms with Crippen molar-refractivity contribution in [2.75, 3.05) is 18.2 Å². The number of rotatable bonds is 5. The van der Waals surface area contributed by atoms with Crippen LogP contribution in [0.2, 0.25) is 0 Å². The molecule has 0 atom stereocenters. The number of benzene rings is 2. The van der Waals surface area contributed by atoms with Crippen molar-refractivity contribution in [2.45, 2.75) is 11.7 Å². The molecule has 0 bridgehead atoms. The number of thioether (sulfide) groups is 1. The van der Waals surface area contributed by atoms with E-state index < -0.39 is 0 Å². The average Bonchev–Trinajstić information content (AvgIpc) is 3.29. The highest BCUT2D eigenvalue weighted by Gasteiger charge is 2.17. The van der Waals surface area contributed by atoms with Gasteiger partial charge in [0.25, 0.3) is 0 Å². The maximum atomic E-state index is 12.4. The van der Waals surface area contributed by atoms with Gasteiger partial charge in [-0.15, -0.1) is 0 Å². The normalized spacial score (nSPS) is 12.9. The number of para-hydroxylation sites is 1. The first kappa shape index (κ1) is 17.4. The third-order valence-electron chi connectivity index (χ3n) is 4.31. The minimum Gasteiger partial charge on any atom is -0.497 e. The number of hydrogen-bond acceptors (Lipinski definition) is 4. The molecule has 0 saturated heterocycles. The highest BCUT2D eigenvalue weighted by molar-refractivity contribution is 7.99. The summed E-state index contributed by atoms with van der Waals surface area (Å²) < 4.78 is 7.29. The summed E-state index contributed by atoms with van der Waals surface area (Å²) in [6.07, 6.45) is 5.36. The number of amides is 1.